The molecule has 21 heavy (non-hydrogen) atoms. The molecule has 3 nitrogen and oxygen atoms in total. The predicted molar refractivity (Wildman–Crippen MR) is 85.2 cm³/mol. The van der Waals surface area contributed by atoms with E-state index in [1.165, 1.54) is 25.7 Å². The SMILES string of the molecule is CN(C)CC1CCCN1c1cccc(F)c1CNC1CC1. The first-order valence-corrected chi connectivity index (χ1v) is 8.07. The van der Waals surface area contributed by atoms with E-state index in [2.05, 4.69) is 35.3 Å². The van der Waals surface area contributed by atoms with Crippen LogP contribution >= 0.6 is 0 Å². The lowest BCUT2D eigenvalue weighted by molar-refractivity contribution is 0.372. The molecule has 1 aliphatic carbocycles. The van der Waals surface area contributed by atoms with Crippen LogP contribution in [-0.2, 0) is 6.54 Å². The van der Waals surface area contributed by atoms with Crippen LogP contribution in [0.1, 0.15) is 31.2 Å². The van der Waals surface area contributed by atoms with E-state index in [1.807, 2.05) is 6.07 Å². The number of hydrogen-bond donors (Lipinski definition) is 1. The first-order valence-electron chi connectivity index (χ1n) is 8.07. The van der Waals surface area contributed by atoms with E-state index in [4.69, 9.17) is 0 Å². The number of halogens is 1. The highest BCUT2D eigenvalue weighted by molar-refractivity contribution is 5.56. The van der Waals surface area contributed by atoms with Crippen molar-refractivity contribution >= 4 is 5.69 Å². The highest BCUT2D eigenvalue weighted by atomic mass is 19.1. The van der Waals surface area contributed by atoms with Crippen molar-refractivity contribution in [3.8, 4) is 0 Å². The van der Waals surface area contributed by atoms with Crippen LogP contribution in [0.5, 0.6) is 0 Å². The highest BCUT2D eigenvalue weighted by Crippen LogP contribution is 2.31. The molecule has 2 aliphatic rings. The Morgan fingerprint density at radius 2 is 2.10 bits per heavy atom. The maximum atomic E-state index is 14.3. The van der Waals surface area contributed by atoms with Crippen molar-refractivity contribution in [1.29, 1.82) is 0 Å². The molecule has 1 saturated carbocycles. The Kier molecular flexibility index (Phi) is 4.45. The van der Waals surface area contributed by atoms with Gasteiger partial charge in [-0.3, -0.25) is 0 Å². The highest BCUT2D eigenvalue weighted by Gasteiger charge is 2.28. The lowest BCUT2D eigenvalue weighted by Crippen LogP contribution is -2.38. The van der Waals surface area contributed by atoms with Gasteiger partial charge in [0.2, 0.25) is 0 Å². The van der Waals surface area contributed by atoms with Gasteiger partial charge in [-0.1, -0.05) is 6.07 Å². The molecule has 0 amide bonds. The number of anilines is 1. The van der Waals surface area contributed by atoms with Gasteiger partial charge in [0.05, 0.1) is 0 Å². The van der Waals surface area contributed by atoms with Gasteiger partial charge in [0.15, 0.2) is 0 Å². The van der Waals surface area contributed by atoms with Gasteiger partial charge in [0, 0.05) is 43.0 Å². The Balaban J connectivity index is 1.80. The van der Waals surface area contributed by atoms with Gasteiger partial charge in [0.1, 0.15) is 5.82 Å². The molecule has 1 unspecified atom stereocenters. The molecule has 0 aromatic heterocycles. The van der Waals surface area contributed by atoms with Crippen molar-refractivity contribution in [3.05, 3.63) is 29.6 Å². The van der Waals surface area contributed by atoms with Crippen LogP contribution < -0.4 is 10.2 Å². The normalized spacial score (nSPS) is 22.3. The molecule has 1 heterocycles. The minimum absolute atomic E-state index is 0.0730. The molecule has 1 atom stereocenters. The molecule has 116 valence electrons. The zero-order valence-electron chi connectivity index (χ0n) is 13.1. The summed E-state index contributed by atoms with van der Waals surface area (Å²) in [6.45, 7) is 2.72. The summed E-state index contributed by atoms with van der Waals surface area (Å²) in [5.41, 5.74) is 1.93. The minimum atomic E-state index is -0.0730. The molecule has 0 spiro atoms. The van der Waals surface area contributed by atoms with E-state index in [1.54, 1.807) is 6.07 Å². The first kappa shape index (κ1) is 14.8. The number of nitrogens with one attached hydrogen (secondary N) is 1. The molecule has 1 N–H and O–H groups in total. The number of rotatable bonds is 6. The minimum Gasteiger partial charge on any atom is -0.367 e. The fraction of sp³-hybridized carbons (Fsp3) is 0.647. The van der Waals surface area contributed by atoms with Crippen molar-refractivity contribution in [2.75, 3.05) is 32.1 Å². The van der Waals surface area contributed by atoms with Crippen molar-refractivity contribution in [2.45, 2.75) is 44.3 Å². The topological polar surface area (TPSA) is 18.5 Å². The van der Waals surface area contributed by atoms with Crippen LogP contribution in [0.25, 0.3) is 0 Å². The van der Waals surface area contributed by atoms with Crippen LogP contribution in [-0.4, -0.2) is 44.2 Å². The maximum Gasteiger partial charge on any atom is 0.129 e. The summed E-state index contributed by atoms with van der Waals surface area (Å²) >= 11 is 0. The van der Waals surface area contributed by atoms with Crippen LogP contribution in [0.4, 0.5) is 10.1 Å². The number of benzene rings is 1. The Morgan fingerprint density at radius 3 is 2.81 bits per heavy atom. The summed E-state index contributed by atoms with van der Waals surface area (Å²) in [5.74, 6) is -0.0730. The van der Waals surface area contributed by atoms with E-state index in [9.17, 15) is 4.39 Å². The van der Waals surface area contributed by atoms with Crippen molar-refractivity contribution in [3.63, 3.8) is 0 Å². The van der Waals surface area contributed by atoms with Gasteiger partial charge in [-0.25, -0.2) is 4.39 Å². The Morgan fingerprint density at radius 1 is 1.29 bits per heavy atom. The fourth-order valence-electron chi connectivity index (χ4n) is 3.29. The van der Waals surface area contributed by atoms with E-state index in [-0.39, 0.29) is 5.82 Å². The number of likely N-dealkylation sites (N-methyl/N-ethyl adjacent to an activating group) is 1. The Labute approximate surface area is 127 Å². The average molecular weight is 291 g/mol. The van der Waals surface area contributed by atoms with E-state index < -0.39 is 0 Å². The van der Waals surface area contributed by atoms with E-state index in [0.717, 1.165) is 24.3 Å². The van der Waals surface area contributed by atoms with E-state index >= 15 is 0 Å². The first-order chi connectivity index (χ1) is 10.1. The predicted octanol–water partition coefficient (Wildman–Crippen LogP) is 2.61. The summed E-state index contributed by atoms with van der Waals surface area (Å²) in [5, 5.41) is 3.46. The third kappa shape index (κ3) is 3.55. The smallest absolute Gasteiger partial charge is 0.129 e. The van der Waals surface area contributed by atoms with Crippen LogP contribution in [0.15, 0.2) is 18.2 Å². The lowest BCUT2D eigenvalue weighted by atomic mass is 10.1. The molecular formula is C17H26FN3. The molecular weight excluding hydrogens is 265 g/mol. The van der Waals surface area contributed by atoms with Crippen molar-refractivity contribution in [2.24, 2.45) is 0 Å². The third-order valence-corrected chi connectivity index (χ3v) is 4.50. The van der Waals surface area contributed by atoms with Gasteiger partial charge in [-0.05, 0) is 51.9 Å². The monoisotopic (exact) mass is 291 g/mol. The Bertz CT molecular complexity index is 485. The largest absolute Gasteiger partial charge is 0.367 e. The van der Waals surface area contributed by atoms with Crippen LogP contribution in [0, 0.1) is 5.82 Å². The molecule has 2 fully saturated rings. The molecule has 3 rings (SSSR count). The Hall–Kier alpha value is -1.13. The fourth-order valence-corrected chi connectivity index (χ4v) is 3.29. The molecule has 0 radical (unpaired) electrons. The summed E-state index contributed by atoms with van der Waals surface area (Å²) in [6, 6.07) is 6.62. The number of hydrogen-bond acceptors (Lipinski definition) is 3. The second-order valence-electron chi connectivity index (χ2n) is 6.64. The molecule has 4 heteroatoms. The summed E-state index contributed by atoms with van der Waals surface area (Å²) < 4.78 is 14.3. The average Bonchev–Trinajstić information content (AvgIpc) is 3.16. The van der Waals surface area contributed by atoms with Gasteiger partial charge in [-0.15, -0.1) is 0 Å². The molecule has 1 aromatic carbocycles. The molecule has 0 bridgehead atoms. The van der Waals surface area contributed by atoms with Gasteiger partial charge >= 0.3 is 0 Å². The van der Waals surface area contributed by atoms with Crippen molar-refractivity contribution < 1.29 is 4.39 Å². The summed E-state index contributed by atoms with van der Waals surface area (Å²) in [7, 11) is 4.22. The number of nitrogens with zero attached hydrogens (tertiary/aromatic N) is 2. The second-order valence-corrected chi connectivity index (χ2v) is 6.64. The second kappa shape index (κ2) is 6.32. The molecule has 1 saturated heterocycles. The third-order valence-electron chi connectivity index (χ3n) is 4.50. The zero-order valence-corrected chi connectivity index (χ0v) is 13.1. The van der Waals surface area contributed by atoms with E-state index in [0.29, 0.717) is 18.6 Å². The lowest BCUT2D eigenvalue weighted by Gasteiger charge is -2.31. The van der Waals surface area contributed by atoms with Gasteiger partial charge < -0.3 is 15.1 Å². The van der Waals surface area contributed by atoms with Crippen molar-refractivity contribution in [1.82, 2.24) is 10.2 Å². The van der Waals surface area contributed by atoms with Gasteiger partial charge in [0.25, 0.3) is 0 Å². The van der Waals surface area contributed by atoms with Crippen LogP contribution in [0.2, 0.25) is 0 Å². The van der Waals surface area contributed by atoms with Gasteiger partial charge in [-0.2, -0.15) is 0 Å². The maximum absolute atomic E-state index is 14.3. The summed E-state index contributed by atoms with van der Waals surface area (Å²) in [6.07, 6.45) is 4.86. The zero-order chi connectivity index (χ0) is 14.8. The standard InChI is InChI=1S/C17H26FN3/c1-20(2)12-14-5-4-10-21(14)17-7-3-6-16(18)15(17)11-19-13-8-9-13/h3,6-7,13-14,19H,4-5,8-12H2,1-2H3. The van der Waals surface area contributed by atoms with Crippen LogP contribution in [0.3, 0.4) is 0 Å². The quantitative estimate of drug-likeness (QED) is 0.869. The summed E-state index contributed by atoms with van der Waals surface area (Å²) in [4.78, 5) is 4.64. The molecule has 1 aromatic rings. The molecule has 1 aliphatic heterocycles.